The summed E-state index contributed by atoms with van der Waals surface area (Å²) in [5.41, 5.74) is 0.939. The number of fused-ring (bicyclic) bond motifs is 1. The minimum Gasteiger partial charge on any atom is -0.356 e. The van der Waals surface area contributed by atoms with Gasteiger partial charge in [0.2, 0.25) is 0 Å². The van der Waals surface area contributed by atoms with E-state index in [0.29, 0.717) is 18.1 Å². The summed E-state index contributed by atoms with van der Waals surface area (Å²) < 4.78 is 1.77. The van der Waals surface area contributed by atoms with Gasteiger partial charge in [-0.2, -0.15) is 19.9 Å². The Morgan fingerprint density at radius 2 is 2.44 bits per heavy atom. The van der Waals surface area contributed by atoms with E-state index in [2.05, 4.69) is 26.0 Å². The number of aromatic nitrogens is 4. The molecule has 92 valence electrons. The van der Waals surface area contributed by atoms with Crippen LogP contribution in [-0.2, 0) is 0 Å². The Balaban J connectivity index is 1.95. The number of aryl methyl sites for hydroxylation is 1. The van der Waals surface area contributed by atoms with Gasteiger partial charge < -0.3 is 4.90 Å². The first-order valence-electron chi connectivity index (χ1n) is 6.07. The summed E-state index contributed by atoms with van der Waals surface area (Å²) in [7, 11) is 0. The zero-order valence-electron chi connectivity index (χ0n) is 10.2. The minimum atomic E-state index is 0.460. The van der Waals surface area contributed by atoms with Crippen molar-refractivity contribution < 1.29 is 0 Å². The molecule has 0 saturated carbocycles. The molecule has 6 nitrogen and oxygen atoms in total. The van der Waals surface area contributed by atoms with Crippen LogP contribution in [0.2, 0.25) is 0 Å². The summed E-state index contributed by atoms with van der Waals surface area (Å²) in [5, 5.41) is 13.0. The van der Waals surface area contributed by atoms with Crippen LogP contribution < -0.4 is 4.90 Å². The summed E-state index contributed by atoms with van der Waals surface area (Å²) >= 11 is 0. The molecule has 0 bridgehead atoms. The second-order valence-electron chi connectivity index (χ2n) is 4.69. The molecule has 1 atom stereocenters. The van der Waals surface area contributed by atoms with E-state index in [4.69, 9.17) is 5.26 Å². The number of hydrogen-bond acceptors (Lipinski definition) is 5. The zero-order valence-corrected chi connectivity index (χ0v) is 10.2. The topological polar surface area (TPSA) is 70.1 Å². The second-order valence-corrected chi connectivity index (χ2v) is 4.69. The normalized spacial score (nSPS) is 19.3. The maximum Gasteiger partial charge on any atom is 0.254 e. The van der Waals surface area contributed by atoms with Gasteiger partial charge in [0.25, 0.3) is 5.78 Å². The molecule has 1 aliphatic rings. The zero-order chi connectivity index (χ0) is 12.5. The van der Waals surface area contributed by atoms with Crippen LogP contribution in [0.1, 0.15) is 18.5 Å². The summed E-state index contributed by atoms with van der Waals surface area (Å²) in [6, 6.07) is 4.28. The maximum absolute atomic E-state index is 8.76. The van der Waals surface area contributed by atoms with Gasteiger partial charge in [0.05, 0.1) is 6.07 Å². The maximum atomic E-state index is 8.76. The van der Waals surface area contributed by atoms with Crippen LogP contribution in [0.5, 0.6) is 0 Å². The van der Waals surface area contributed by atoms with Gasteiger partial charge in [-0.25, -0.2) is 4.98 Å². The lowest BCUT2D eigenvalue weighted by Crippen LogP contribution is -2.23. The molecular formula is C12H14N6. The molecule has 1 fully saturated rings. The molecule has 1 unspecified atom stereocenters. The first-order chi connectivity index (χ1) is 8.78. The number of hydrogen-bond donors (Lipinski definition) is 0. The van der Waals surface area contributed by atoms with Gasteiger partial charge in [-0.1, -0.05) is 0 Å². The monoisotopic (exact) mass is 242 g/mol. The minimum absolute atomic E-state index is 0.460. The van der Waals surface area contributed by atoms with Crippen LogP contribution in [0, 0.1) is 24.2 Å². The molecule has 0 radical (unpaired) electrons. The van der Waals surface area contributed by atoms with Crippen LogP contribution in [0.25, 0.3) is 5.78 Å². The van der Waals surface area contributed by atoms with Crippen molar-refractivity contribution in [2.24, 2.45) is 5.92 Å². The van der Waals surface area contributed by atoms with Gasteiger partial charge in [0.1, 0.15) is 12.1 Å². The highest BCUT2D eigenvalue weighted by molar-refractivity contribution is 5.47. The molecule has 0 spiro atoms. The molecule has 3 rings (SSSR count). The highest BCUT2D eigenvalue weighted by Crippen LogP contribution is 2.25. The second kappa shape index (κ2) is 4.26. The standard InChI is InChI=1S/C12H14N6/c1-9-6-11(18-12(16-9)14-8-15-18)17-5-3-10(7-17)2-4-13/h6,8,10H,2-3,5,7H2,1H3. The third-order valence-electron chi connectivity index (χ3n) is 3.35. The van der Waals surface area contributed by atoms with Crippen LogP contribution in [-0.4, -0.2) is 32.7 Å². The van der Waals surface area contributed by atoms with Gasteiger partial charge in [-0.15, -0.1) is 0 Å². The molecule has 6 heteroatoms. The molecule has 1 saturated heterocycles. The average molecular weight is 242 g/mol. The van der Waals surface area contributed by atoms with Crippen LogP contribution >= 0.6 is 0 Å². The molecule has 0 aliphatic carbocycles. The fourth-order valence-corrected chi connectivity index (χ4v) is 2.47. The molecule has 0 amide bonds. The molecule has 2 aromatic rings. The lowest BCUT2D eigenvalue weighted by Gasteiger charge is -2.19. The number of rotatable bonds is 2. The van der Waals surface area contributed by atoms with Crippen molar-refractivity contribution in [2.45, 2.75) is 19.8 Å². The van der Waals surface area contributed by atoms with E-state index < -0.39 is 0 Å². The van der Waals surface area contributed by atoms with Crippen molar-refractivity contribution in [3.8, 4) is 6.07 Å². The summed E-state index contributed by atoms with van der Waals surface area (Å²) in [5.74, 6) is 2.12. The van der Waals surface area contributed by atoms with Crippen LogP contribution in [0.4, 0.5) is 5.82 Å². The molecule has 2 aromatic heterocycles. The van der Waals surface area contributed by atoms with Crippen molar-refractivity contribution in [1.29, 1.82) is 5.26 Å². The Morgan fingerprint density at radius 1 is 1.56 bits per heavy atom. The van der Waals surface area contributed by atoms with E-state index in [9.17, 15) is 0 Å². The van der Waals surface area contributed by atoms with Crippen LogP contribution in [0.15, 0.2) is 12.4 Å². The number of anilines is 1. The van der Waals surface area contributed by atoms with Crippen molar-refractivity contribution in [2.75, 3.05) is 18.0 Å². The van der Waals surface area contributed by atoms with Crippen LogP contribution in [0.3, 0.4) is 0 Å². The highest BCUT2D eigenvalue weighted by atomic mass is 15.4. The Morgan fingerprint density at radius 3 is 3.28 bits per heavy atom. The fraction of sp³-hybridized carbons (Fsp3) is 0.500. The van der Waals surface area contributed by atoms with Gasteiger partial charge in [-0.05, 0) is 19.3 Å². The fourth-order valence-electron chi connectivity index (χ4n) is 2.47. The summed E-state index contributed by atoms with van der Waals surface area (Å²) in [6.07, 6.45) is 3.21. The lowest BCUT2D eigenvalue weighted by molar-refractivity contribution is 0.605. The summed E-state index contributed by atoms with van der Waals surface area (Å²) in [6.45, 7) is 3.83. The number of nitrogens with zero attached hydrogens (tertiary/aromatic N) is 6. The molecule has 18 heavy (non-hydrogen) atoms. The Kier molecular flexibility index (Phi) is 2.59. The molecule has 0 aromatic carbocycles. The smallest absolute Gasteiger partial charge is 0.254 e. The van der Waals surface area contributed by atoms with Gasteiger partial charge in [-0.3, -0.25) is 0 Å². The Bertz CT molecular complexity index is 611. The summed E-state index contributed by atoms with van der Waals surface area (Å²) in [4.78, 5) is 10.7. The third kappa shape index (κ3) is 1.78. The average Bonchev–Trinajstić information content (AvgIpc) is 2.96. The predicted octanol–water partition coefficient (Wildman–Crippen LogP) is 1.17. The predicted molar refractivity (Wildman–Crippen MR) is 66.1 cm³/mol. The SMILES string of the molecule is Cc1cc(N2CCC(CC#N)C2)n2ncnc2n1. The van der Waals surface area contributed by atoms with E-state index in [1.165, 1.54) is 6.33 Å². The van der Waals surface area contributed by atoms with Gasteiger partial charge in [0.15, 0.2) is 0 Å². The van der Waals surface area contributed by atoms with Crippen molar-refractivity contribution >= 4 is 11.6 Å². The quantitative estimate of drug-likeness (QED) is 0.790. The Labute approximate surface area is 105 Å². The van der Waals surface area contributed by atoms with E-state index in [1.807, 2.05) is 13.0 Å². The Hall–Kier alpha value is -2.16. The van der Waals surface area contributed by atoms with Crippen molar-refractivity contribution in [3.05, 3.63) is 18.1 Å². The molecular weight excluding hydrogens is 228 g/mol. The van der Waals surface area contributed by atoms with Gasteiger partial charge >= 0.3 is 0 Å². The lowest BCUT2D eigenvalue weighted by atomic mass is 10.1. The highest BCUT2D eigenvalue weighted by Gasteiger charge is 2.24. The first kappa shape index (κ1) is 11.0. The van der Waals surface area contributed by atoms with Crippen molar-refractivity contribution in [3.63, 3.8) is 0 Å². The molecule has 3 heterocycles. The van der Waals surface area contributed by atoms with Crippen molar-refractivity contribution in [1.82, 2.24) is 19.6 Å². The van der Waals surface area contributed by atoms with E-state index in [1.54, 1.807) is 4.52 Å². The van der Waals surface area contributed by atoms with E-state index >= 15 is 0 Å². The first-order valence-corrected chi connectivity index (χ1v) is 6.07. The van der Waals surface area contributed by atoms with Gasteiger partial charge in [0, 0.05) is 31.3 Å². The number of nitriles is 1. The molecule has 1 aliphatic heterocycles. The third-order valence-corrected chi connectivity index (χ3v) is 3.35. The largest absolute Gasteiger partial charge is 0.356 e. The van der Waals surface area contributed by atoms with E-state index in [-0.39, 0.29) is 0 Å². The molecule has 0 N–H and O–H groups in total. The van der Waals surface area contributed by atoms with E-state index in [0.717, 1.165) is 31.0 Å².